The Morgan fingerprint density at radius 3 is 2.30 bits per heavy atom. The van der Waals surface area contributed by atoms with Crippen LogP contribution in [-0.4, -0.2) is 42.3 Å². The normalized spacial score (nSPS) is 15.4. The maximum Gasteiger partial charge on any atom is 0.243 e. The molecule has 1 fully saturated rings. The van der Waals surface area contributed by atoms with Crippen LogP contribution in [-0.2, 0) is 14.4 Å². The second kappa shape index (κ2) is 8.45. The first-order valence-corrected chi connectivity index (χ1v) is 8.90. The quantitative estimate of drug-likeness (QED) is 0.840. The second-order valence-electron chi connectivity index (χ2n) is 7.71. The van der Waals surface area contributed by atoms with Crippen LogP contribution in [0.4, 0.5) is 14.5 Å². The Morgan fingerprint density at radius 1 is 1.11 bits per heavy atom. The van der Waals surface area contributed by atoms with Gasteiger partial charge in [-0.2, -0.15) is 0 Å². The Balaban J connectivity index is 1.77. The van der Waals surface area contributed by atoms with Crippen LogP contribution in [0, 0.1) is 23.0 Å². The van der Waals surface area contributed by atoms with Crippen LogP contribution in [0.3, 0.4) is 0 Å². The van der Waals surface area contributed by atoms with E-state index in [2.05, 4.69) is 10.6 Å². The Morgan fingerprint density at radius 2 is 1.74 bits per heavy atom. The van der Waals surface area contributed by atoms with Gasteiger partial charge in [0.2, 0.25) is 17.7 Å². The summed E-state index contributed by atoms with van der Waals surface area (Å²) in [6.45, 7) is 6.34. The first-order chi connectivity index (χ1) is 12.6. The fraction of sp³-hybridized carbons (Fsp3) is 0.526. The highest BCUT2D eigenvalue weighted by Crippen LogP contribution is 2.23. The van der Waals surface area contributed by atoms with Crippen molar-refractivity contribution in [2.75, 3.05) is 25.0 Å². The summed E-state index contributed by atoms with van der Waals surface area (Å²) < 4.78 is 26.0. The van der Waals surface area contributed by atoms with E-state index in [9.17, 15) is 23.2 Å². The average Bonchev–Trinajstić information content (AvgIpc) is 2.61. The minimum Gasteiger partial charge on any atom is -0.347 e. The number of hydrogen-bond acceptors (Lipinski definition) is 3. The molecular weight excluding hydrogens is 356 g/mol. The topological polar surface area (TPSA) is 78.5 Å². The highest BCUT2D eigenvalue weighted by molar-refractivity contribution is 5.94. The van der Waals surface area contributed by atoms with Crippen molar-refractivity contribution in [2.45, 2.75) is 33.6 Å². The molecule has 1 saturated heterocycles. The molecule has 1 aliphatic rings. The minimum absolute atomic E-state index is 0.0623. The van der Waals surface area contributed by atoms with Gasteiger partial charge < -0.3 is 15.5 Å². The zero-order valence-corrected chi connectivity index (χ0v) is 15.8. The molecule has 0 radical (unpaired) electrons. The molecule has 0 aromatic heterocycles. The predicted molar refractivity (Wildman–Crippen MR) is 96.8 cm³/mol. The Hall–Kier alpha value is -2.51. The van der Waals surface area contributed by atoms with Crippen LogP contribution in [0.5, 0.6) is 0 Å². The molecular formula is C19H25F2N3O3. The van der Waals surface area contributed by atoms with Crippen molar-refractivity contribution in [3.63, 3.8) is 0 Å². The van der Waals surface area contributed by atoms with E-state index in [1.165, 1.54) is 6.07 Å². The lowest BCUT2D eigenvalue weighted by atomic mass is 9.90. The number of benzene rings is 1. The number of halogens is 2. The van der Waals surface area contributed by atoms with Gasteiger partial charge in [0.15, 0.2) is 11.6 Å². The van der Waals surface area contributed by atoms with Crippen molar-refractivity contribution in [1.29, 1.82) is 0 Å². The van der Waals surface area contributed by atoms with E-state index in [4.69, 9.17) is 0 Å². The minimum atomic E-state index is -1.06. The van der Waals surface area contributed by atoms with E-state index in [-0.39, 0.29) is 30.0 Å². The van der Waals surface area contributed by atoms with Gasteiger partial charge in [0, 0.05) is 36.2 Å². The lowest BCUT2D eigenvalue weighted by Gasteiger charge is -2.35. The van der Waals surface area contributed by atoms with Gasteiger partial charge in [-0.1, -0.05) is 20.8 Å². The van der Waals surface area contributed by atoms with Gasteiger partial charge in [0.25, 0.3) is 0 Å². The maximum atomic E-state index is 13.1. The SMILES string of the molecule is CC(C)(C)C(=O)N1CCC(C(=O)NCC(=O)Nc2ccc(F)c(F)c2)CC1. The van der Waals surface area contributed by atoms with Gasteiger partial charge in [0.05, 0.1) is 6.54 Å². The molecule has 1 heterocycles. The molecule has 0 atom stereocenters. The zero-order valence-electron chi connectivity index (χ0n) is 15.8. The fourth-order valence-electron chi connectivity index (χ4n) is 2.91. The largest absolute Gasteiger partial charge is 0.347 e. The molecule has 8 heteroatoms. The molecule has 1 aromatic rings. The van der Waals surface area contributed by atoms with E-state index in [0.29, 0.717) is 25.9 Å². The van der Waals surface area contributed by atoms with Crippen molar-refractivity contribution in [3.8, 4) is 0 Å². The van der Waals surface area contributed by atoms with Crippen molar-refractivity contribution in [3.05, 3.63) is 29.8 Å². The van der Waals surface area contributed by atoms with Crippen LogP contribution in [0.15, 0.2) is 18.2 Å². The molecule has 27 heavy (non-hydrogen) atoms. The van der Waals surface area contributed by atoms with Gasteiger partial charge in [-0.25, -0.2) is 8.78 Å². The van der Waals surface area contributed by atoms with Crippen LogP contribution in [0.25, 0.3) is 0 Å². The molecule has 0 saturated carbocycles. The van der Waals surface area contributed by atoms with Crippen molar-refractivity contribution in [2.24, 2.45) is 11.3 Å². The summed E-state index contributed by atoms with van der Waals surface area (Å²) in [5.41, 5.74) is -0.338. The number of hydrogen-bond donors (Lipinski definition) is 2. The maximum absolute atomic E-state index is 13.1. The van der Waals surface area contributed by atoms with Gasteiger partial charge in [-0.3, -0.25) is 14.4 Å². The number of piperidine rings is 1. The molecule has 1 aromatic carbocycles. The molecule has 6 nitrogen and oxygen atoms in total. The van der Waals surface area contributed by atoms with Gasteiger partial charge in [0.1, 0.15) is 0 Å². The lowest BCUT2D eigenvalue weighted by Crippen LogP contribution is -2.47. The summed E-state index contributed by atoms with van der Waals surface area (Å²) in [4.78, 5) is 38.1. The first kappa shape index (κ1) is 20.8. The number of carbonyl (C=O) groups is 3. The van der Waals surface area contributed by atoms with Crippen molar-refractivity contribution in [1.82, 2.24) is 10.2 Å². The molecule has 2 N–H and O–H groups in total. The highest BCUT2D eigenvalue weighted by atomic mass is 19.2. The van der Waals surface area contributed by atoms with Crippen LogP contribution < -0.4 is 10.6 Å². The Bertz CT molecular complexity index is 723. The summed E-state index contributed by atoms with van der Waals surface area (Å²) in [6, 6.07) is 3.02. The third kappa shape index (κ3) is 5.74. The summed E-state index contributed by atoms with van der Waals surface area (Å²) in [5.74, 6) is -3.05. The van der Waals surface area contributed by atoms with Crippen molar-refractivity contribution >= 4 is 23.4 Å². The van der Waals surface area contributed by atoms with E-state index in [0.717, 1.165) is 12.1 Å². The van der Waals surface area contributed by atoms with Crippen LogP contribution in [0.2, 0.25) is 0 Å². The van der Waals surface area contributed by atoms with E-state index in [1.807, 2.05) is 20.8 Å². The molecule has 0 bridgehead atoms. The fourth-order valence-corrected chi connectivity index (χ4v) is 2.91. The summed E-state index contributed by atoms with van der Waals surface area (Å²) in [5, 5.41) is 4.94. The Labute approximate surface area is 157 Å². The molecule has 0 unspecified atom stereocenters. The molecule has 0 aliphatic carbocycles. The zero-order chi connectivity index (χ0) is 20.2. The lowest BCUT2D eigenvalue weighted by molar-refractivity contribution is -0.142. The van der Waals surface area contributed by atoms with Gasteiger partial charge in [-0.15, -0.1) is 0 Å². The van der Waals surface area contributed by atoms with E-state index >= 15 is 0 Å². The highest BCUT2D eigenvalue weighted by Gasteiger charge is 2.32. The smallest absolute Gasteiger partial charge is 0.243 e. The standard InChI is InChI=1S/C19H25F2N3O3/c1-19(2,3)18(27)24-8-6-12(7-9-24)17(26)22-11-16(25)23-13-4-5-14(20)15(21)10-13/h4-5,10,12H,6-9,11H2,1-3H3,(H,22,26)(H,23,25). The molecule has 1 aliphatic heterocycles. The number of nitrogens with zero attached hydrogens (tertiary/aromatic N) is 1. The number of nitrogens with one attached hydrogen (secondary N) is 2. The molecule has 2 rings (SSSR count). The van der Waals surface area contributed by atoms with Crippen LogP contribution >= 0.6 is 0 Å². The third-order valence-electron chi connectivity index (χ3n) is 4.42. The molecule has 148 valence electrons. The molecule has 0 spiro atoms. The average molecular weight is 381 g/mol. The monoisotopic (exact) mass is 381 g/mol. The van der Waals surface area contributed by atoms with Gasteiger partial charge >= 0.3 is 0 Å². The number of carbonyl (C=O) groups excluding carboxylic acids is 3. The second-order valence-corrected chi connectivity index (χ2v) is 7.71. The predicted octanol–water partition coefficient (Wildman–Crippen LogP) is 2.30. The summed E-state index contributed by atoms with van der Waals surface area (Å²) >= 11 is 0. The number of anilines is 1. The summed E-state index contributed by atoms with van der Waals surface area (Å²) in [7, 11) is 0. The Kier molecular flexibility index (Phi) is 6.51. The third-order valence-corrected chi connectivity index (χ3v) is 4.42. The molecule has 3 amide bonds. The van der Waals surface area contributed by atoms with E-state index < -0.39 is 23.0 Å². The van der Waals surface area contributed by atoms with E-state index in [1.54, 1.807) is 4.90 Å². The van der Waals surface area contributed by atoms with Crippen molar-refractivity contribution < 1.29 is 23.2 Å². The van der Waals surface area contributed by atoms with Gasteiger partial charge in [-0.05, 0) is 25.0 Å². The number of likely N-dealkylation sites (tertiary alicyclic amines) is 1. The number of rotatable bonds is 4. The summed E-state index contributed by atoms with van der Waals surface area (Å²) in [6.07, 6.45) is 1.08. The van der Waals surface area contributed by atoms with Crippen LogP contribution in [0.1, 0.15) is 33.6 Å². The number of amides is 3. The first-order valence-electron chi connectivity index (χ1n) is 8.90.